The number of amides is 1. The Kier molecular flexibility index (Phi) is 4.75. The second-order valence-corrected chi connectivity index (χ2v) is 5.84. The van der Waals surface area contributed by atoms with Crippen molar-refractivity contribution in [2.24, 2.45) is 0 Å². The fraction of sp³-hybridized carbons (Fsp3) is 0.312. The highest BCUT2D eigenvalue weighted by Gasteiger charge is 2.30. The van der Waals surface area contributed by atoms with Crippen LogP contribution in [0.25, 0.3) is 0 Å². The number of hydrogen-bond acceptors (Lipinski definition) is 1. The van der Waals surface area contributed by atoms with E-state index in [9.17, 15) is 18.0 Å². The summed E-state index contributed by atoms with van der Waals surface area (Å²) < 4.78 is 38.9. The first-order valence-corrected chi connectivity index (χ1v) is 7.27. The normalized spacial score (nSPS) is 11.6. The molecule has 2 rings (SSSR count). The SMILES string of the molecule is Cc1cc(Cl)ccc1NC(=O)c1cc(C)n(CC(F)(F)F)c1C. The molecule has 0 saturated carbocycles. The summed E-state index contributed by atoms with van der Waals surface area (Å²) in [5.41, 5.74) is 2.23. The zero-order valence-corrected chi connectivity index (χ0v) is 13.6. The molecule has 0 aliphatic carbocycles. The standard InChI is InChI=1S/C16H16ClF3N2O/c1-9-6-12(17)4-5-14(9)21-15(23)13-7-10(2)22(11(13)3)8-16(18,19)20/h4-7H,8H2,1-3H3,(H,21,23). The first kappa shape index (κ1) is 17.4. The van der Waals surface area contributed by atoms with Crippen molar-refractivity contribution in [3.8, 4) is 0 Å². The van der Waals surface area contributed by atoms with Gasteiger partial charge in [-0.3, -0.25) is 4.79 Å². The number of nitrogens with one attached hydrogen (secondary N) is 1. The van der Waals surface area contributed by atoms with Crippen LogP contribution < -0.4 is 5.32 Å². The lowest BCUT2D eigenvalue weighted by Gasteiger charge is -2.13. The van der Waals surface area contributed by atoms with Gasteiger partial charge < -0.3 is 9.88 Å². The molecule has 1 heterocycles. The van der Waals surface area contributed by atoms with Crippen molar-refractivity contribution in [2.75, 3.05) is 5.32 Å². The fourth-order valence-corrected chi connectivity index (χ4v) is 2.64. The molecule has 1 aromatic carbocycles. The van der Waals surface area contributed by atoms with Gasteiger partial charge in [-0.1, -0.05) is 11.6 Å². The topological polar surface area (TPSA) is 34.0 Å². The van der Waals surface area contributed by atoms with E-state index >= 15 is 0 Å². The summed E-state index contributed by atoms with van der Waals surface area (Å²) in [7, 11) is 0. The number of rotatable bonds is 3. The van der Waals surface area contributed by atoms with Crippen molar-refractivity contribution >= 4 is 23.2 Å². The molecule has 0 spiro atoms. The quantitative estimate of drug-likeness (QED) is 0.845. The second kappa shape index (κ2) is 6.28. The van der Waals surface area contributed by atoms with E-state index in [1.807, 2.05) is 0 Å². The molecule has 0 radical (unpaired) electrons. The van der Waals surface area contributed by atoms with Gasteiger partial charge in [0.25, 0.3) is 5.91 Å². The number of aryl methyl sites for hydroxylation is 2. The molecular weight excluding hydrogens is 329 g/mol. The van der Waals surface area contributed by atoms with Crippen molar-refractivity contribution in [2.45, 2.75) is 33.5 Å². The first-order chi connectivity index (χ1) is 10.6. The highest BCUT2D eigenvalue weighted by molar-refractivity contribution is 6.30. The molecule has 0 atom stereocenters. The Morgan fingerprint density at radius 3 is 2.43 bits per heavy atom. The van der Waals surface area contributed by atoms with Crippen molar-refractivity contribution in [1.29, 1.82) is 0 Å². The van der Waals surface area contributed by atoms with Crippen LogP contribution in [0.1, 0.15) is 27.3 Å². The van der Waals surface area contributed by atoms with E-state index in [0.29, 0.717) is 16.4 Å². The Labute approximate surface area is 137 Å². The van der Waals surface area contributed by atoms with Crippen molar-refractivity contribution < 1.29 is 18.0 Å². The van der Waals surface area contributed by atoms with Gasteiger partial charge in [-0.2, -0.15) is 13.2 Å². The maximum atomic E-state index is 12.6. The molecule has 124 valence electrons. The predicted octanol–water partition coefficient (Wildman–Crippen LogP) is 4.88. The van der Waals surface area contributed by atoms with Gasteiger partial charge in [0.15, 0.2) is 0 Å². The number of aromatic nitrogens is 1. The van der Waals surface area contributed by atoms with Crippen LogP contribution in [0.3, 0.4) is 0 Å². The van der Waals surface area contributed by atoms with E-state index in [0.717, 1.165) is 10.1 Å². The van der Waals surface area contributed by atoms with E-state index in [1.54, 1.807) is 32.0 Å². The third-order valence-electron chi connectivity index (χ3n) is 3.59. The van der Waals surface area contributed by atoms with Crippen LogP contribution in [-0.2, 0) is 6.54 Å². The van der Waals surface area contributed by atoms with Crippen molar-refractivity contribution in [3.05, 3.63) is 51.8 Å². The average Bonchev–Trinajstić information content (AvgIpc) is 2.68. The minimum Gasteiger partial charge on any atom is -0.339 e. The van der Waals surface area contributed by atoms with Gasteiger partial charge in [0.1, 0.15) is 6.54 Å². The second-order valence-electron chi connectivity index (χ2n) is 5.40. The Morgan fingerprint density at radius 2 is 1.87 bits per heavy atom. The summed E-state index contributed by atoms with van der Waals surface area (Å²) in [6.07, 6.45) is -4.34. The molecule has 1 N–H and O–H groups in total. The van der Waals surface area contributed by atoms with Crippen LogP contribution in [-0.4, -0.2) is 16.7 Å². The Hall–Kier alpha value is -1.95. The lowest BCUT2D eigenvalue weighted by Crippen LogP contribution is -2.20. The van der Waals surface area contributed by atoms with Crippen LogP contribution >= 0.6 is 11.6 Å². The summed E-state index contributed by atoms with van der Waals surface area (Å²) in [5.74, 6) is -0.447. The summed E-state index contributed by atoms with van der Waals surface area (Å²) in [6.45, 7) is 3.72. The summed E-state index contributed by atoms with van der Waals surface area (Å²) in [6, 6.07) is 6.45. The molecule has 0 unspecified atom stereocenters. The lowest BCUT2D eigenvalue weighted by atomic mass is 10.1. The molecule has 0 saturated heterocycles. The first-order valence-electron chi connectivity index (χ1n) is 6.89. The summed E-state index contributed by atoms with van der Waals surface area (Å²) in [4.78, 5) is 12.4. The Bertz CT molecular complexity index is 751. The van der Waals surface area contributed by atoms with Crippen LogP contribution in [0.5, 0.6) is 0 Å². The maximum Gasteiger partial charge on any atom is 0.406 e. The van der Waals surface area contributed by atoms with Gasteiger partial charge in [0, 0.05) is 22.1 Å². The van der Waals surface area contributed by atoms with Crippen LogP contribution in [0, 0.1) is 20.8 Å². The van der Waals surface area contributed by atoms with Crippen LogP contribution in [0.15, 0.2) is 24.3 Å². The molecule has 0 aliphatic heterocycles. The number of nitrogens with zero attached hydrogens (tertiary/aromatic N) is 1. The van der Waals surface area contributed by atoms with Crippen molar-refractivity contribution in [1.82, 2.24) is 4.57 Å². The number of benzene rings is 1. The molecule has 2 aromatic rings. The van der Waals surface area contributed by atoms with E-state index in [1.165, 1.54) is 13.0 Å². The van der Waals surface area contributed by atoms with E-state index in [2.05, 4.69) is 5.32 Å². The average molecular weight is 345 g/mol. The van der Waals surface area contributed by atoms with Gasteiger partial charge in [-0.25, -0.2) is 0 Å². The summed E-state index contributed by atoms with van der Waals surface area (Å²) >= 11 is 5.86. The minimum atomic E-state index is -4.34. The van der Waals surface area contributed by atoms with Crippen LogP contribution in [0.2, 0.25) is 5.02 Å². The van der Waals surface area contributed by atoms with Gasteiger partial charge in [0.05, 0.1) is 5.56 Å². The number of hydrogen-bond donors (Lipinski definition) is 1. The fourth-order valence-electron chi connectivity index (χ4n) is 2.41. The van der Waals surface area contributed by atoms with Gasteiger partial charge >= 0.3 is 6.18 Å². The monoisotopic (exact) mass is 344 g/mol. The van der Waals surface area contributed by atoms with E-state index in [-0.39, 0.29) is 11.3 Å². The maximum absolute atomic E-state index is 12.6. The number of carbonyl (C=O) groups excluding carboxylic acids is 1. The zero-order chi connectivity index (χ0) is 17.4. The predicted molar refractivity (Wildman–Crippen MR) is 84.1 cm³/mol. The Morgan fingerprint density at radius 1 is 1.22 bits per heavy atom. The number of carbonyl (C=O) groups is 1. The Balaban J connectivity index is 2.28. The van der Waals surface area contributed by atoms with Crippen LogP contribution in [0.4, 0.5) is 18.9 Å². The molecule has 7 heteroatoms. The highest BCUT2D eigenvalue weighted by atomic mass is 35.5. The van der Waals surface area contributed by atoms with Gasteiger partial charge in [-0.05, 0) is 50.6 Å². The van der Waals surface area contributed by atoms with Gasteiger partial charge in [0.2, 0.25) is 0 Å². The summed E-state index contributed by atoms with van der Waals surface area (Å²) in [5, 5.41) is 3.25. The molecule has 0 aliphatic rings. The molecule has 1 aromatic heterocycles. The third kappa shape index (κ3) is 4.07. The van der Waals surface area contributed by atoms with E-state index < -0.39 is 18.6 Å². The molecule has 0 fully saturated rings. The molecular formula is C16H16ClF3N2O. The molecule has 0 bridgehead atoms. The molecule has 23 heavy (non-hydrogen) atoms. The van der Waals surface area contributed by atoms with E-state index in [4.69, 9.17) is 11.6 Å². The van der Waals surface area contributed by atoms with Crippen molar-refractivity contribution in [3.63, 3.8) is 0 Å². The number of halogens is 4. The molecule has 3 nitrogen and oxygen atoms in total. The number of anilines is 1. The largest absolute Gasteiger partial charge is 0.406 e. The molecule has 1 amide bonds. The lowest BCUT2D eigenvalue weighted by molar-refractivity contribution is -0.141. The highest BCUT2D eigenvalue weighted by Crippen LogP contribution is 2.25. The smallest absolute Gasteiger partial charge is 0.339 e. The minimum absolute atomic E-state index is 0.223. The van der Waals surface area contributed by atoms with Gasteiger partial charge in [-0.15, -0.1) is 0 Å². The number of alkyl halides is 3. The zero-order valence-electron chi connectivity index (χ0n) is 12.9. The third-order valence-corrected chi connectivity index (χ3v) is 3.83.